The van der Waals surface area contributed by atoms with Crippen molar-refractivity contribution in [2.45, 2.75) is 18.5 Å². The van der Waals surface area contributed by atoms with Gasteiger partial charge >= 0.3 is 5.97 Å². The largest absolute Gasteiger partial charge is 0.462 e. The van der Waals surface area contributed by atoms with E-state index in [1.54, 1.807) is 24.3 Å². The Bertz CT molecular complexity index is 671. The number of hydrogen-bond donors (Lipinski definition) is 3. The van der Waals surface area contributed by atoms with E-state index < -0.39 is 0 Å². The lowest BCUT2D eigenvalue weighted by atomic mass is 10.2. The normalized spacial score (nSPS) is 10.3. The van der Waals surface area contributed by atoms with Crippen LogP contribution in [0.3, 0.4) is 0 Å². The van der Waals surface area contributed by atoms with Gasteiger partial charge in [0.15, 0.2) is 0 Å². The number of aromatic nitrogens is 3. The van der Waals surface area contributed by atoms with Gasteiger partial charge in [0.2, 0.25) is 17.0 Å². The third-order valence-corrected chi connectivity index (χ3v) is 3.50. The number of benzene rings is 1. The first-order valence-corrected chi connectivity index (χ1v) is 7.94. The van der Waals surface area contributed by atoms with Gasteiger partial charge < -0.3 is 15.8 Å². The summed E-state index contributed by atoms with van der Waals surface area (Å²) >= 11 is 1.17. The summed E-state index contributed by atoms with van der Waals surface area (Å²) in [4.78, 5) is 27.4. The molecule has 1 amide bonds. The number of amides is 1. The van der Waals surface area contributed by atoms with Crippen LogP contribution in [0.25, 0.3) is 0 Å². The van der Waals surface area contributed by atoms with Crippen molar-refractivity contribution in [3.63, 3.8) is 0 Å². The summed E-state index contributed by atoms with van der Waals surface area (Å²) in [6.45, 7) is 2.32. The number of nitrogens with one attached hydrogen (secondary N) is 2. The Kier molecular flexibility index (Phi) is 5.98. The van der Waals surface area contributed by atoms with E-state index in [0.29, 0.717) is 23.0 Å². The molecule has 0 spiro atoms. The van der Waals surface area contributed by atoms with Gasteiger partial charge in [-0.05, 0) is 30.7 Å². The number of nitrogens with zero attached hydrogens (tertiary/aromatic N) is 2. The molecule has 4 N–H and O–H groups in total. The van der Waals surface area contributed by atoms with Gasteiger partial charge in [-0.2, -0.15) is 4.98 Å². The molecule has 2 rings (SSSR count). The third-order valence-electron chi connectivity index (χ3n) is 2.66. The maximum absolute atomic E-state index is 11.8. The lowest BCUT2D eigenvalue weighted by Crippen LogP contribution is -2.14. The monoisotopic (exact) mass is 335 g/mol. The number of H-pyrrole nitrogens is 1. The molecule has 0 radical (unpaired) electrons. The van der Waals surface area contributed by atoms with E-state index in [2.05, 4.69) is 20.5 Å². The van der Waals surface area contributed by atoms with E-state index in [0.717, 1.165) is 6.42 Å². The Morgan fingerprint density at radius 2 is 2.09 bits per heavy atom. The number of esters is 1. The van der Waals surface area contributed by atoms with Crippen molar-refractivity contribution < 1.29 is 14.3 Å². The maximum atomic E-state index is 11.8. The van der Waals surface area contributed by atoms with Gasteiger partial charge in [-0.25, -0.2) is 9.89 Å². The van der Waals surface area contributed by atoms with Crippen LogP contribution in [0.5, 0.6) is 0 Å². The Labute approximate surface area is 137 Å². The lowest BCUT2D eigenvalue weighted by molar-refractivity contribution is -0.113. The predicted molar refractivity (Wildman–Crippen MR) is 87.2 cm³/mol. The summed E-state index contributed by atoms with van der Waals surface area (Å²) in [6, 6.07) is 6.51. The van der Waals surface area contributed by atoms with Crippen LogP contribution in [0.1, 0.15) is 23.7 Å². The summed E-state index contributed by atoms with van der Waals surface area (Å²) in [5.74, 6) is -0.224. The maximum Gasteiger partial charge on any atom is 0.338 e. The number of ether oxygens (including phenoxy) is 1. The van der Waals surface area contributed by atoms with Crippen LogP contribution in [-0.4, -0.2) is 39.4 Å². The molecule has 0 atom stereocenters. The summed E-state index contributed by atoms with van der Waals surface area (Å²) in [5, 5.41) is 9.44. The van der Waals surface area contributed by atoms with Crippen molar-refractivity contribution in [1.29, 1.82) is 0 Å². The van der Waals surface area contributed by atoms with Gasteiger partial charge in [-0.3, -0.25) is 4.79 Å². The summed E-state index contributed by atoms with van der Waals surface area (Å²) in [6.07, 6.45) is 0.772. The Morgan fingerprint density at radius 3 is 2.70 bits per heavy atom. The van der Waals surface area contributed by atoms with Crippen molar-refractivity contribution in [1.82, 2.24) is 15.2 Å². The molecule has 1 aromatic carbocycles. The highest BCUT2D eigenvalue weighted by Crippen LogP contribution is 2.15. The zero-order chi connectivity index (χ0) is 16.7. The quantitative estimate of drug-likeness (QED) is 0.519. The van der Waals surface area contributed by atoms with Crippen LogP contribution in [0.4, 0.5) is 11.6 Å². The fourth-order valence-electron chi connectivity index (χ4n) is 1.62. The SMILES string of the molecule is CCCOC(=O)c1ccc(NC(=O)CSc2n[nH]c(N)n2)cc1. The molecule has 0 saturated carbocycles. The van der Waals surface area contributed by atoms with E-state index in [1.165, 1.54) is 11.8 Å². The number of carbonyl (C=O) groups is 2. The van der Waals surface area contributed by atoms with Crippen LogP contribution in [0.2, 0.25) is 0 Å². The first-order chi connectivity index (χ1) is 11.1. The molecule has 23 heavy (non-hydrogen) atoms. The van der Waals surface area contributed by atoms with Crippen molar-refractivity contribution in [3.05, 3.63) is 29.8 Å². The smallest absolute Gasteiger partial charge is 0.338 e. The van der Waals surface area contributed by atoms with Gasteiger partial charge in [0.1, 0.15) is 0 Å². The average Bonchev–Trinajstić information content (AvgIpc) is 2.97. The number of carbonyl (C=O) groups excluding carboxylic acids is 2. The number of aromatic amines is 1. The molecule has 1 aromatic heterocycles. The van der Waals surface area contributed by atoms with Gasteiger partial charge in [0.05, 0.1) is 17.9 Å². The van der Waals surface area contributed by atoms with Crippen molar-refractivity contribution >= 4 is 35.3 Å². The van der Waals surface area contributed by atoms with E-state index >= 15 is 0 Å². The number of anilines is 2. The van der Waals surface area contributed by atoms with Crippen molar-refractivity contribution in [2.75, 3.05) is 23.4 Å². The van der Waals surface area contributed by atoms with E-state index in [4.69, 9.17) is 10.5 Å². The molecule has 8 nitrogen and oxygen atoms in total. The highest BCUT2D eigenvalue weighted by atomic mass is 32.2. The van der Waals surface area contributed by atoms with E-state index in [1.807, 2.05) is 6.92 Å². The molecular formula is C14H17N5O3S. The molecule has 9 heteroatoms. The molecule has 2 aromatic rings. The second-order valence-electron chi connectivity index (χ2n) is 4.55. The molecular weight excluding hydrogens is 318 g/mol. The number of nitrogens with two attached hydrogens (primary N) is 1. The van der Waals surface area contributed by atoms with Crippen molar-refractivity contribution in [3.8, 4) is 0 Å². The fraction of sp³-hybridized carbons (Fsp3) is 0.286. The molecule has 1 heterocycles. The van der Waals surface area contributed by atoms with Gasteiger partial charge in [-0.1, -0.05) is 18.7 Å². The fourth-order valence-corrected chi connectivity index (χ4v) is 2.22. The number of thioether (sulfide) groups is 1. The molecule has 0 aliphatic carbocycles. The lowest BCUT2D eigenvalue weighted by Gasteiger charge is -2.06. The van der Waals surface area contributed by atoms with Crippen LogP contribution < -0.4 is 11.1 Å². The molecule has 0 bridgehead atoms. The summed E-state index contributed by atoms with van der Waals surface area (Å²) < 4.78 is 5.03. The highest BCUT2D eigenvalue weighted by molar-refractivity contribution is 7.99. The number of nitrogen functional groups attached to an aromatic ring is 1. The number of rotatable bonds is 7. The van der Waals surface area contributed by atoms with E-state index in [-0.39, 0.29) is 23.6 Å². The van der Waals surface area contributed by atoms with Crippen LogP contribution in [0.15, 0.2) is 29.4 Å². The average molecular weight is 335 g/mol. The van der Waals surface area contributed by atoms with E-state index in [9.17, 15) is 9.59 Å². The first-order valence-electron chi connectivity index (χ1n) is 6.96. The minimum atomic E-state index is -0.373. The second kappa shape index (κ2) is 8.18. The minimum absolute atomic E-state index is 0.150. The first kappa shape index (κ1) is 16.8. The zero-order valence-electron chi connectivity index (χ0n) is 12.5. The van der Waals surface area contributed by atoms with Gasteiger partial charge in [0.25, 0.3) is 0 Å². The predicted octanol–water partition coefficient (Wildman–Crippen LogP) is 1.68. The standard InChI is InChI=1S/C14H17N5O3S/c1-2-7-22-12(21)9-3-5-10(6-4-9)16-11(20)8-23-14-17-13(15)18-19-14/h3-6H,2,7-8H2,1H3,(H,16,20)(H3,15,17,18,19). The molecule has 0 saturated heterocycles. The molecule has 0 unspecified atom stereocenters. The zero-order valence-corrected chi connectivity index (χ0v) is 13.4. The molecule has 0 fully saturated rings. The minimum Gasteiger partial charge on any atom is -0.462 e. The van der Waals surface area contributed by atoms with Crippen molar-refractivity contribution in [2.24, 2.45) is 0 Å². The van der Waals surface area contributed by atoms with Crippen LogP contribution in [0, 0.1) is 0 Å². The number of hydrogen-bond acceptors (Lipinski definition) is 7. The molecule has 0 aliphatic rings. The second-order valence-corrected chi connectivity index (χ2v) is 5.50. The molecule has 122 valence electrons. The van der Waals surface area contributed by atoms with Crippen LogP contribution in [-0.2, 0) is 9.53 Å². The topological polar surface area (TPSA) is 123 Å². The highest BCUT2D eigenvalue weighted by Gasteiger charge is 2.09. The van der Waals surface area contributed by atoms with Gasteiger partial charge in [0, 0.05) is 5.69 Å². The third kappa shape index (κ3) is 5.29. The Balaban J connectivity index is 1.82. The van der Waals surface area contributed by atoms with Crippen LogP contribution >= 0.6 is 11.8 Å². The van der Waals surface area contributed by atoms with Gasteiger partial charge in [-0.15, -0.1) is 5.10 Å². The Morgan fingerprint density at radius 1 is 1.35 bits per heavy atom. The molecule has 0 aliphatic heterocycles. The summed E-state index contributed by atoms with van der Waals surface area (Å²) in [5.41, 5.74) is 6.44. The summed E-state index contributed by atoms with van der Waals surface area (Å²) in [7, 11) is 0. The Hall–Kier alpha value is -2.55.